The van der Waals surface area contributed by atoms with E-state index < -0.39 is 0 Å². The topological polar surface area (TPSA) is 119 Å². The van der Waals surface area contributed by atoms with E-state index >= 15 is 0 Å². The summed E-state index contributed by atoms with van der Waals surface area (Å²) in [5.41, 5.74) is 2.95. The lowest BCUT2D eigenvalue weighted by molar-refractivity contribution is 0.398. The Hall–Kier alpha value is -4.42. The van der Waals surface area contributed by atoms with Crippen molar-refractivity contribution in [2.24, 2.45) is 0 Å². The van der Waals surface area contributed by atoms with E-state index in [0.29, 0.717) is 33.7 Å². The van der Waals surface area contributed by atoms with Crippen molar-refractivity contribution >= 4 is 47.5 Å². The van der Waals surface area contributed by atoms with Crippen LogP contribution < -0.4 is 15.2 Å². The van der Waals surface area contributed by atoms with Crippen LogP contribution in [0.4, 0.5) is 5.82 Å². The molecule has 5 aromatic heterocycles. The van der Waals surface area contributed by atoms with Crippen molar-refractivity contribution in [1.82, 2.24) is 39.3 Å². The van der Waals surface area contributed by atoms with Crippen LogP contribution in [0.2, 0.25) is 5.02 Å². The van der Waals surface area contributed by atoms with Crippen molar-refractivity contribution in [3.8, 4) is 22.8 Å². The van der Waals surface area contributed by atoms with Crippen LogP contribution in [0.5, 0.6) is 5.88 Å². The molecule has 0 spiro atoms. The SMILES string of the molecule is COc1ccc(-c2[nH]nc3ncnc(N4CCC[C@H]4c4nn5ccc(Cl)c5c(=O)n4-c4ccccc4)c23)cn1.S. The summed E-state index contributed by atoms with van der Waals surface area (Å²) in [6, 6.07) is 14.7. The second-order valence-corrected chi connectivity index (χ2v) is 9.63. The first-order valence-electron chi connectivity index (χ1n) is 12.5. The highest BCUT2D eigenvalue weighted by molar-refractivity contribution is 7.59. The molecule has 7 rings (SSSR count). The Balaban J connectivity index is 0.00000289. The molecule has 13 heteroatoms. The Morgan fingerprint density at radius 2 is 1.93 bits per heavy atom. The van der Waals surface area contributed by atoms with E-state index in [2.05, 4.69) is 25.1 Å². The monoisotopic (exact) mass is 573 g/mol. The molecule has 11 nitrogen and oxygen atoms in total. The van der Waals surface area contributed by atoms with Gasteiger partial charge < -0.3 is 9.64 Å². The molecule has 0 aliphatic carbocycles. The van der Waals surface area contributed by atoms with Gasteiger partial charge in [0.2, 0.25) is 5.88 Å². The molecule has 40 heavy (non-hydrogen) atoms. The van der Waals surface area contributed by atoms with Gasteiger partial charge in [0.1, 0.15) is 17.7 Å². The van der Waals surface area contributed by atoms with Gasteiger partial charge in [0.15, 0.2) is 11.5 Å². The van der Waals surface area contributed by atoms with E-state index in [0.717, 1.165) is 41.7 Å². The minimum atomic E-state index is -0.238. The third-order valence-corrected chi connectivity index (χ3v) is 7.37. The number of aromatic amines is 1. The number of methoxy groups -OCH3 is 1. The first kappa shape index (κ1) is 25.8. The number of para-hydroxylation sites is 1. The minimum Gasteiger partial charge on any atom is -0.481 e. The lowest BCUT2D eigenvalue weighted by Crippen LogP contribution is -2.33. The number of nitrogens with zero attached hydrogens (tertiary/aromatic N) is 8. The summed E-state index contributed by atoms with van der Waals surface area (Å²) in [5.74, 6) is 1.83. The number of fused-ring (bicyclic) bond motifs is 2. The molecule has 1 aromatic carbocycles. The summed E-state index contributed by atoms with van der Waals surface area (Å²) in [6.07, 6.45) is 6.62. The van der Waals surface area contributed by atoms with E-state index in [-0.39, 0.29) is 25.1 Å². The summed E-state index contributed by atoms with van der Waals surface area (Å²) in [4.78, 5) is 29.5. The number of nitrogens with one attached hydrogen (secondary N) is 1. The van der Waals surface area contributed by atoms with E-state index in [1.165, 1.54) is 6.33 Å². The largest absolute Gasteiger partial charge is 0.481 e. The quantitative estimate of drug-likeness (QED) is 0.324. The van der Waals surface area contributed by atoms with Crippen molar-refractivity contribution in [1.29, 1.82) is 0 Å². The molecule has 1 fully saturated rings. The van der Waals surface area contributed by atoms with Crippen LogP contribution >= 0.6 is 25.1 Å². The van der Waals surface area contributed by atoms with E-state index in [1.54, 1.807) is 40.7 Å². The molecular formula is C27H24ClN9O2S. The molecule has 1 N–H and O–H groups in total. The molecule has 6 heterocycles. The minimum absolute atomic E-state index is 0. The lowest BCUT2D eigenvalue weighted by atomic mass is 10.1. The van der Waals surface area contributed by atoms with Gasteiger partial charge >= 0.3 is 0 Å². The fourth-order valence-electron chi connectivity index (χ4n) is 5.29. The Labute approximate surface area is 239 Å². The number of aromatic nitrogens is 8. The van der Waals surface area contributed by atoms with Crippen molar-refractivity contribution in [3.05, 3.63) is 88.5 Å². The maximum Gasteiger partial charge on any atom is 0.284 e. The number of benzene rings is 1. The number of hydrogen-bond acceptors (Lipinski definition) is 8. The molecule has 0 unspecified atom stereocenters. The molecule has 1 atom stereocenters. The molecule has 0 saturated carbocycles. The predicted octanol–water partition coefficient (Wildman–Crippen LogP) is 4.33. The predicted molar refractivity (Wildman–Crippen MR) is 157 cm³/mol. The van der Waals surface area contributed by atoms with E-state index in [9.17, 15) is 4.79 Å². The molecule has 1 saturated heterocycles. The Kier molecular flexibility index (Phi) is 6.64. The van der Waals surface area contributed by atoms with Gasteiger partial charge in [0.05, 0.1) is 34.9 Å². The van der Waals surface area contributed by atoms with Crippen LogP contribution in [0.25, 0.3) is 33.5 Å². The van der Waals surface area contributed by atoms with Gasteiger partial charge in [-0.1, -0.05) is 29.8 Å². The lowest BCUT2D eigenvalue weighted by Gasteiger charge is -2.27. The number of pyridine rings is 1. The van der Waals surface area contributed by atoms with Crippen molar-refractivity contribution < 1.29 is 4.74 Å². The molecule has 1 aliphatic rings. The number of rotatable bonds is 5. The molecule has 6 aromatic rings. The average molecular weight is 574 g/mol. The van der Waals surface area contributed by atoms with Crippen LogP contribution in [0.15, 0.2) is 72.0 Å². The number of hydrogen-bond donors (Lipinski definition) is 1. The molecule has 0 amide bonds. The second-order valence-electron chi connectivity index (χ2n) is 9.23. The van der Waals surface area contributed by atoms with Crippen LogP contribution in [0.1, 0.15) is 24.7 Å². The van der Waals surface area contributed by atoms with Gasteiger partial charge in [0, 0.05) is 30.6 Å². The smallest absolute Gasteiger partial charge is 0.284 e. The number of anilines is 1. The Bertz CT molecular complexity index is 1890. The van der Waals surface area contributed by atoms with Gasteiger partial charge in [-0.25, -0.2) is 19.5 Å². The average Bonchev–Trinajstić information content (AvgIpc) is 3.72. The maximum atomic E-state index is 13.8. The standard InChI is InChI=1S/C27H22ClN9O2.H2S/c1-39-20-10-9-16(14-29-20)22-21-24(33-32-22)30-15-31-26(21)35-12-5-8-19(35)25-34-36-13-11-18(28)23(36)27(38)37(25)17-6-3-2-4-7-17;/h2-4,6-7,9-11,13-15,19H,5,8,12H2,1H3,(H,30,31,32,33);1H2/t19-;/m0./s1. The first-order valence-corrected chi connectivity index (χ1v) is 12.8. The number of H-pyrrole nitrogens is 1. The molecule has 1 aliphatic heterocycles. The molecule has 0 radical (unpaired) electrons. The van der Waals surface area contributed by atoms with Gasteiger partial charge in [-0.3, -0.25) is 14.5 Å². The zero-order valence-electron chi connectivity index (χ0n) is 21.3. The van der Waals surface area contributed by atoms with E-state index in [1.807, 2.05) is 36.4 Å². The van der Waals surface area contributed by atoms with Gasteiger partial charge in [-0.05, 0) is 37.1 Å². The summed E-state index contributed by atoms with van der Waals surface area (Å²) in [5, 5.41) is 13.6. The highest BCUT2D eigenvalue weighted by Gasteiger charge is 2.34. The summed E-state index contributed by atoms with van der Waals surface area (Å²) >= 11 is 6.40. The third kappa shape index (κ3) is 4.07. The Morgan fingerprint density at radius 3 is 2.70 bits per heavy atom. The summed E-state index contributed by atoms with van der Waals surface area (Å²) in [7, 11) is 1.58. The maximum absolute atomic E-state index is 13.8. The summed E-state index contributed by atoms with van der Waals surface area (Å²) in [6.45, 7) is 0.720. The van der Waals surface area contributed by atoms with Gasteiger partial charge in [-0.2, -0.15) is 23.7 Å². The zero-order valence-corrected chi connectivity index (χ0v) is 23.1. The van der Waals surface area contributed by atoms with E-state index in [4.69, 9.17) is 26.4 Å². The third-order valence-electron chi connectivity index (χ3n) is 7.06. The van der Waals surface area contributed by atoms with Crippen molar-refractivity contribution in [2.45, 2.75) is 18.9 Å². The van der Waals surface area contributed by atoms with Crippen LogP contribution in [-0.2, 0) is 0 Å². The molecular weight excluding hydrogens is 550 g/mol. The van der Waals surface area contributed by atoms with Gasteiger partial charge in [0.25, 0.3) is 5.56 Å². The second kappa shape index (κ2) is 10.3. The molecule has 0 bridgehead atoms. The fourth-order valence-corrected chi connectivity index (χ4v) is 5.52. The van der Waals surface area contributed by atoms with Crippen LogP contribution in [0.3, 0.4) is 0 Å². The highest BCUT2D eigenvalue weighted by atomic mass is 35.5. The Morgan fingerprint density at radius 1 is 1.07 bits per heavy atom. The summed E-state index contributed by atoms with van der Waals surface area (Å²) < 4.78 is 8.44. The first-order chi connectivity index (χ1) is 19.1. The number of halogens is 1. The van der Waals surface area contributed by atoms with Crippen molar-refractivity contribution in [2.75, 3.05) is 18.6 Å². The number of ether oxygens (including phenoxy) is 1. The molecule has 202 valence electrons. The highest BCUT2D eigenvalue weighted by Crippen LogP contribution is 2.40. The zero-order chi connectivity index (χ0) is 26.5. The van der Waals surface area contributed by atoms with Crippen molar-refractivity contribution in [3.63, 3.8) is 0 Å². The normalized spacial score (nSPS) is 15.1. The van der Waals surface area contributed by atoms with Crippen LogP contribution in [0, 0.1) is 0 Å². The van der Waals surface area contributed by atoms with Gasteiger partial charge in [-0.15, -0.1) is 0 Å². The fraction of sp³-hybridized carbons (Fsp3) is 0.185. The van der Waals surface area contributed by atoms with Crippen LogP contribution in [-0.4, -0.2) is 53.0 Å².